The zero-order chi connectivity index (χ0) is 26.4. The lowest BCUT2D eigenvalue weighted by Crippen LogP contribution is -2.56. The molecule has 3 heterocycles. The molecule has 6 rings (SSSR count). The Morgan fingerprint density at radius 2 is 1.55 bits per heavy atom. The second-order valence-electron chi connectivity index (χ2n) is 9.81. The van der Waals surface area contributed by atoms with E-state index >= 15 is 0 Å². The largest absolute Gasteiger partial charge is 0.465 e. The van der Waals surface area contributed by atoms with E-state index in [2.05, 4.69) is 5.32 Å². The van der Waals surface area contributed by atoms with Crippen LogP contribution in [0.3, 0.4) is 0 Å². The van der Waals surface area contributed by atoms with Crippen LogP contribution in [0.15, 0.2) is 84.9 Å². The molecule has 0 bridgehead atoms. The predicted octanol–water partition coefficient (Wildman–Crippen LogP) is 2.81. The maximum Gasteiger partial charge on any atom is 0.326 e. The van der Waals surface area contributed by atoms with Gasteiger partial charge in [-0.2, -0.15) is 0 Å². The summed E-state index contributed by atoms with van der Waals surface area (Å²) in [7, 11) is 0. The predicted molar refractivity (Wildman–Crippen MR) is 140 cm³/mol. The third-order valence-corrected chi connectivity index (χ3v) is 7.77. The number of hydrogen-bond donors (Lipinski definition) is 1. The van der Waals surface area contributed by atoms with Crippen molar-refractivity contribution in [3.63, 3.8) is 0 Å². The van der Waals surface area contributed by atoms with Gasteiger partial charge in [-0.1, -0.05) is 66.7 Å². The van der Waals surface area contributed by atoms with Crippen LogP contribution in [0.5, 0.6) is 0 Å². The lowest BCUT2D eigenvalue weighted by atomic mass is 9.76. The molecule has 1 N–H and O–H groups in total. The molecule has 0 aliphatic carbocycles. The van der Waals surface area contributed by atoms with Crippen molar-refractivity contribution in [2.24, 2.45) is 11.8 Å². The summed E-state index contributed by atoms with van der Waals surface area (Å²) in [6, 6.07) is 25.2. The highest BCUT2D eigenvalue weighted by Crippen LogP contribution is 2.55. The van der Waals surface area contributed by atoms with Crippen LogP contribution in [0, 0.1) is 11.8 Å². The van der Waals surface area contributed by atoms with Gasteiger partial charge in [-0.05, 0) is 37.1 Å². The first-order chi connectivity index (χ1) is 18.5. The Kier molecular flexibility index (Phi) is 5.84. The molecule has 4 atom stereocenters. The Balaban J connectivity index is 1.49. The van der Waals surface area contributed by atoms with Crippen LogP contribution in [0.25, 0.3) is 0 Å². The average Bonchev–Trinajstić information content (AvgIpc) is 3.49. The van der Waals surface area contributed by atoms with Crippen molar-refractivity contribution in [2.75, 3.05) is 23.0 Å². The number of amides is 3. The normalized spacial score (nSPS) is 25.7. The maximum absolute atomic E-state index is 14.3. The zero-order valence-corrected chi connectivity index (χ0v) is 20.9. The number of carbonyl (C=O) groups excluding carboxylic acids is 4. The van der Waals surface area contributed by atoms with E-state index < -0.39 is 41.2 Å². The number of nitrogens with zero attached hydrogens (tertiary/aromatic N) is 2. The van der Waals surface area contributed by atoms with E-state index in [0.29, 0.717) is 23.4 Å². The van der Waals surface area contributed by atoms with E-state index in [-0.39, 0.29) is 19.1 Å². The Labute approximate surface area is 220 Å². The molecule has 3 aromatic carbocycles. The van der Waals surface area contributed by atoms with Gasteiger partial charge in [0.05, 0.1) is 24.1 Å². The Hall–Kier alpha value is -4.30. The van der Waals surface area contributed by atoms with Gasteiger partial charge in [-0.25, -0.2) is 4.90 Å². The van der Waals surface area contributed by atoms with E-state index in [4.69, 9.17) is 4.74 Å². The van der Waals surface area contributed by atoms with Crippen molar-refractivity contribution in [3.8, 4) is 0 Å². The highest BCUT2D eigenvalue weighted by Gasteiger charge is 2.71. The Bertz CT molecular complexity index is 1430. The summed E-state index contributed by atoms with van der Waals surface area (Å²) in [5.74, 6) is -3.44. The third-order valence-electron chi connectivity index (χ3n) is 7.77. The third kappa shape index (κ3) is 3.48. The van der Waals surface area contributed by atoms with Gasteiger partial charge >= 0.3 is 5.97 Å². The van der Waals surface area contributed by atoms with Crippen LogP contribution in [-0.2, 0) is 35.9 Å². The van der Waals surface area contributed by atoms with E-state index in [1.54, 1.807) is 55.5 Å². The van der Waals surface area contributed by atoms with Crippen LogP contribution in [0.1, 0.15) is 18.1 Å². The van der Waals surface area contributed by atoms with Crippen LogP contribution in [-0.4, -0.2) is 42.9 Å². The van der Waals surface area contributed by atoms with E-state index in [9.17, 15) is 19.2 Å². The van der Waals surface area contributed by atoms with E-state index in [0.717, 1.165) is 5.56 Å². The van der Waals surface area contributed by atoms with Gasteiger partial charge in [0.2, 0.25) is 11.8 Å². The lowest BCUT2D eigenvalue weighted by molar-refractivity contribution is -0.142. The number of nitrogens with one attached hydrogen (secondary N) is 1. The summed E-state index contributed by atoms with van der Waals surface area (Å²) in [5, 5.41) is 3.48. The molecule has 2 saturated heterocycles. The number of fused-ring (bicyclic) bond motifs is 4. The van der Waals surface area contributed by atoms with Gasteiger partial charge in [-0.15, -0.1) is 0 Å². The van der Waals surface area contributed by atoms with Crippen molar-refractivity contribution in [3.05, 3.63) is 96.1 Å². The van der Waals surface area contributed by atoms with Gasteiger partial charge in [0.1, 0.15) is 12.1 Å². The highest BCUT2D eigenvalue weighted by atomic mass is 16.5. The zero-order valence-electron chi connectivity index (χ0n) is 20.9. The number of imide groups is 1. The van der Waals surface area contributed by atoms with Crippen LogP contribution >= 0.6 is 0 Å². The minimum absolute atomic E-state index is 0.189. The van der Waals surface area contributed by atoms with Crippen molar-refractivity contribution in [2.45, 2.75) is 24.9 Å². The molecule has 3 amide bonds. The molecular weight excluding hydrogens is 482 g/mol. The molecule has 0 unspecified atom stereocenters. The molecule has 0 saturated carbocycles. The molecule has 3 aliphatic rings. The average molecular weight is 510 g/mol. The van der Waals surface area contributed by atoms with Crippen molar-refractivity contribution >= 4 is 35.1 Å². The Morgan fingerprint density at radius 1 is 0.895 bits per heavy atom. The summed E-state index contributed by atoms with van der Waals surface area (Å²) in [5.41, 5.74) is 1.11. The molecule has 0 aromatic heterocycles. The first kappa shape index (κ1) is 24.1. The van der Waals surface area contributed by atoms with Crippen molar-refractivity contribution < 1.29 is 23.9 Å². The minimum atomic E-state index is -1.48. The lowest BCUT2D eigenvalue weighted by Gasteiger charge is -2.30. The topological polar surface area (TPSA) is 96.0 Å². The first-order valence-electron chi connectivity index (χ1n) is 12.8. The van der Waals surface area contributed by atoms with Crippen LogP contribution in [0.4, 0.5) is 11.4 Å². The van der Waals surface area contributed by atoms with Gasteiger partial charge in [0.25, 0.3) is 5.91 Å². The smallest absolute Gasteiger partial charge is 0.326 e. The molecule has 38 heavy (non-hydrogen) atoms. The summed E-state index contributed by atoms with van der Waals surface area (Å²) < 4.78 is 5.14. The fraction of sp³-hybridized carbons (Fsp3) is 0.267. The van der Waals surface area contributed by atoms with Crippen molar-refractivity contribution in [1.82, 2.24) is 5.32 Å². The number of rotatable bonds is 6. The number of carbonyl (C=O) groups is 4. The van der Waals surface area contributed by atoms with Crippen LogP contribution in [0.2, 0.25) is 0 Å². The monoisotopic (exact) mass is 509 g/mol. The fourth-order valence-electron chi connectivity index (χ4n) is 6.31. The molecule has 2 fully saturated rings. The maximum atomic E-state index is 14.3. The number of anilines is 2. The second kappa shape index (κ2) is 9.22. The molecule has 8 nitrogen and oxygen atoms in total. The SMILES string of the molecule is CCOC(=O)CN1C(=O)[C@@]2(N[C@@H](Cc3ccccc3)[C@H]3C(=O)N(c4ccccc4)C(=O)[C@@H]32)c2ccccc21. The molecule has 3 aromatic rings. The molecule has 0 radical (unpaired) electrons. The second-order valence-corrected chi connectivity index (χ2v) is 9.81. The summed E-state index contributed by atoms with van der Waals surface area (Å²) in [6.07, 6.45) is 0.457. The highest BCUT2D eigenvalue weighted by molar-refractivity contribution is 6.26. The first-order valence-corrected chi connectivity index (χ1v) is 12.8. The van der Waals surface area contributed by atoms with Crippen LogP contribution < -0.4 is 15.1 Å². The van der Waals surface area contributed by atoms with Gasteiger partial charge in [0.15, 0.2) is 0 Å². The molecule has 3 aliphatic heterocycles. The molecule has 8 heteroatoms. The summed E-state index contributed by atoms with van der Waals surface area (Å²) in [6.45, 7) is 1.62. The summed E-state index contributed by atoms with van der Waals surface area (Å²) >= 11 is 0. The standard InChI is InChI=1S/C30H27N3O5/c1-2-38-24(34)18-32-23-16-10-9-15-21(23)30(29(32)37)26-25(22(31-30)17-19-11-5-3-6-12-19)27(35)33(28(26)36)20-13-7-4-8-14-20/h3-16,22,25-26,31H,2,17-18H2,1H3/t22-,25+,26+,30+/m0/s1. The van der Waals surface area contributed by atoms with E-state index in [1.807, 2.05) is 36.4 Å². The van der Waals surface area contributed by atoms with Crippen molar-refractivity contribution in [1.29, 1.82) is 0 Å². The van der Waals surface area contributed by atoms with Gasteiger partial charge in [0, 0.05) is 17.3 Å². The van der Waals surface area contributed by atoms with E-state index in [1.165, 1.54) is 9.80 Å². The van der Waals surface area contributed by atoms with Gasteiger partial charge in [-0.3, -0.25) is 29.4 Å². The number of para-hydroxylation sites is 2. The fourth-order valence-corrected chi connectivity index (χ4v) is 6.31. The summed E-state index contributed by atoms with van der Waals surface area (Å²) in [4.78, 5) is 57.5. The van der Waals surface area contributed by atoms with Gasteiger partial charge < -0.3 is 4.74 Å². The molecular formula is C30H27N3O5. The quantitative estimate of drug-likeness (QED) is 0.406. The number of ether oxygens (including phenoxy) is 1. The molecule has 192 valence electrons. The number of benzene rings is 3. The number of hydrogen-bond acceptors (Lipinski definition) is 6. The Morgan fingerprint density at radius 3 is 2.26 bits per heavy atom. The minimum Gasteiger partial charge on any atom is -0.465 e. The molecule has 1 spiro atoms. The number of esters is 1.